The van der Waals surface area contributed by atoms with E-state index in [9.17, 15) is 0 Å². The van der Waals surface area contributed by atoms with E-state index in [2.05, 4.69) is 22.3 Å². The predicted molar refractivity (Wildman–Crippen MR) is 77.2 cm³/mol. The Bertz CT molecular complexity index is 407. The Labute approximate surface area is 116 Å². The van der Waals surface area contributed by atoms with E-state index in [-0.39, 0.29) is 0 Å². The monoisotopic (exact) mass is 262 g/mol. The normalized spacial score (nSPS) is 24.5. The van der Waals surface area contributed by atoms with Crippen LogP contribution >= 0.6 is 0 Å². The maximum atomic E-state index is 5.74. The van der Waals surface area contributed by atoms with Gasteiger partial charge in [0.05, 0.1) is 6.54 Å². The lowest BCUT2D eigenvalue weighted by Crippen LogP contribution is -2.52. The van der Waals surface area contributed by atoms with E-state index in [1.54, 1.807) is 0 Å². The summed E-state index contributed by atoms with van der Waals surface area (Å²) in [5, 5.41) is 3.85. The van der Waals surface area contributed by atoms with E-state index in [4.69, 9.17) is 4.42 Å². The van der Waals surface area contributed by atoms with Crippen molar-refractivity contribution in [2.24, 2.45) is 0 Å². The zero-order chi connectivity index (χ0) is 13.1. The Morgan fingerprint density at radius 3 is 2.79 bits per heavy atom. The molecule has 0 atom stereocenters. The molecule has 1 aromatic heterocycles. The van der Waals surface area contributed by atoms with Gasteiger partial charge in [-0.25, -0.2) is 0 Å². The minimum Gasteiger partial charge on any atom is -0.465 e. The zero-order valence-corrected chi connectivity index (χ0v) is 12.1. The molecule has 0 bridgehead atoms. The molecule has 0 radical (unpaired) electrons. The van der Waals surface area contributed by atoms with Crippen molar-refractivity contribution in [1.82, 2.24) is 10.2 Å². The highest BCUT2D eigenvalue weighted by molar-refractivity contribution is 5.06. The smallest absolute Gasteiger partial charge is 0.118 e. The van der Waals surface area contributed by atoms with Gasteiger partial charge in [0, 0.05) is 12.1 Å². The summed E-state index contributed by atoms with van der Waals surface area (Å²) in [5.41, 5.74) is 0.385. The second kappa shape index (κ2) is 5.68. The molecular weight excluding hydrogens is 236 g/mol. The van der Waals surface area contributed by atoms with E-state index in [1.165, 1.54) is 58.2 Å². The summed E-state index contributed by atoms with van der Waals surface area (Å²) in [7, 11) is 0. The summed E-state index contributed by atoms with van der Waals surface area (Å²) >= 11 is 0. The average molecular weight is 262 g/mol. The molecule has 0 unspecified atom stereocenters. The van der Waals surface area contributed by atoms with Gasteiger partial charge in [0.1, 0.15) is 11.5 Å². The molecule has 3 rings (SSSR count). The van der Waals surface area contributed by atoms with E-state index < -0.39 is 0 Å². The zero-order valence-electron chi connectivity index (χ0n) is 12.1. The molecule has 1 spiro atoms. The van der Waals surface area contributed by atoms with Crippen LogP contribution < -0.4 is 5.32 Å². The first kappa shape index (κ1) is 13.2. The van der Waals surface area contributed by atoms with Gasteiger partial charge in [-0.05, 0) is 51.4 Å². The molecular formula is C16H26N2O. The molecule has 1 saturated heterocycles. The average Bonchev–Trinajstić information content (AvgIpc) is 2.71. The van der Waals surface area contributed by atoms with Crippen molar-refractivity contribution in [3.05, 3.63) is 23.7 Å². The van der Waals surface area contributed by atoms with E-state index in [0.717, 1.165) is 18.1 Å². The fraction of sp³-hybridized carbons (Fsp3) is 0.750. The Kier molecular flexibility index (Phi) is 3.94. The van der Waals surface area contributed by atoms with Gasteiger partial charge in [-0.3, -0.25) is 4.90 Å². The van der Waals surface area contributed by atoms with Crippen molar-refractivity contribution in [3.8, 4) is 0 Å². The molecule has 3 nitrogen and oxygen atoms in total. The van der Waals surface area contributed by atoms with Gasteiger partial charge in [-0.2, -0.15) is 0 Å². The van der Waals surface area contributed by atoms with Crippen molar-refractivity contribution in [1.29, 1.82) is 0 Å². The second-order valence-electron chi connectivity index (χ2n) is 6.34. The Morgan fingerprint density at radius 2 is 2.05 bits per heavy atom. The van der Waals surface area contributed by atoms with Crippen LogP contribution in [0.2, 0.25) is 0 Å². The van der Waals surface area contributed by atoms with Crippen LogP contribution in [-0.2, 0) is 6.54 Å². The van der Waals surface area contributed by atoms with E-state index in [0.29, 0.717) is 5.54 Å². The third-order valence-electron chi connectivity index (χ3n) is 4.66. The summed E-state index contributed by atoms with van der Waals surface area (Å²) in [4.78, 5) is 2.59. The van der Waals surface area contributed by atoms with Crippen LogP contribution in [-0.4, -0.2) is 30.1 Å². The molecule has 1 aromatic rings. The maximum Gasteiger partial charge on any atom is 0.118 e. The molecule has 2 aliphatic rings. The fourth-order valence-corrected chi connectivity index (χ4v) is 3.71. The molecule has 3 heteroatoms. The van der Waals surface area contributed by atoms with Gasteiger partial charge < -0.3 is 9.73 Å². The van der Waals surface area contributed by atoms with Crippen LogP contribution in [0.1, 0.15) is 50.0 Å². The van der Waals surface area contributed by atoms with Crippen LogP contribution in [0.15, 0.2) is 16.5 Å². The molecule has 2 fully saturated rings. The molecule has 0 amide bonds. The van der Waals surface area contributed by atoms with Crippen molar-refractivity contribution < 1.29 is 4.42 Å². The SMILES string of the molecule is Cc1ccc(CN2CCCNC3(CCCCC3)C2)o1. The van der Waals surface area contributed by atoms with Gasteiger partial charge in [0.25, 0.3) is 0 Å². The molecule has 1 aliphatic heterocycles. The van der Waals surface area contributed by atoms with Crippen LogP contribution in [0.4, 0.5) is 0 Å². The van der Waals surface area contributed by atoms with Crippen molar-refractivity contribution in [2.45, 2.75) is 57.5 Å². The summed E-state index contributed by atoms with van der Waals surface area (Å²) in [6.45, 7) is 6.54. The van der Waals surface area contributed by atoms with Crippen molar-refractivity contribution >= 4 is 0 Å². The lowest BCUT2D eigenvalue weighted by Gasteiger charge is -2.39. The molecule has 1 aliphatic carbocycles. The largest absolute Gasteiger partial charge is 0.465 e. The first-order chi connectivity index (χ1) is 9.26. The second-order valence-corrected chi connectivity index (χ2v) is 6.34. The molecule has 1 N–H and O–H groups in total. The molecule has 1 saturated carbocycles. The van der Waals surface area contributed by atoms with Crippen molar-refractivity contribution in [3.63, 3.8) is 0 Å². The lowest BCUT2D eigenvalue weighted by molar-refractivity contribution is 0.152. The summed E-state index contributed by atoms with van der Waals surface area (Å²) in [6.07, 6.45) is 8.14. The quantitative estimate of drug-likeness (QED) is 0.888. The molecule has 19 heavy (non-hydrogen) atoms. The number of furan rings is 1. The van der Waals surface area contributed by atoms with Gasteiger partial charge in [0.15, 0.2) is 0 Å². The summed E-state index contributed by atoms with van der Waals surface area (Å²) < 4.78 is 5.74. The van der Waals surface area contributed by atoms with E-state index in [1.807, 2.05) is 6.92 Å². The summed E-state index contributed by atoms with van der Waals surface area (Å²) in [6, 6.07) is 4.20. The Hall–Kier alpha value is -0.800. The number of nitrogens with one attached hydrogen (secondary N) is 1. The number of aryl methyl sites for hydroxylation is 1. The minimum atomic E-state index is 0.385. The van der Waals surface area contributed by atoms with Crippen molar-refractivity contribution in [2.75, 3.05) is 19.6 Å². The van der Waals surface area contributed by atoms with Gasteiger partial charge in [-0.15, -0.1) is 0 Å². The third-order valence-corrected chi connectivity index (χ3v) is 4.66. The maximum absolute atomic E-state index is 5.74. The molecule has 2 heterocycles. The molecule has 106 valence electrons. The van der Waals surface area contributed by atoms with Crippen LogP contribution in [0.5, 0.6) is 0 Å². The van der Waals surface area contributed by atoms with Gasteiger partial charge >= 0.3 is 0 Å². The standard InChI is InChI=1S/C16H26N2O/c1-14-6-7-15(19-14)12-18-11-5-10-17-16(13-18)8-3-2-4-9-16/h6-7,17H,2-5,8-13H2,1H3. The third kappa shape index (κ3) is 3.21. The van der Waals surface area contributed by atoms with Gasteiger partial charge in [-0.1, -0.05) is 19.3 Å². The number of nitrogens with zero attached hydrogens (tertiary/aromatic N) is 1. The highest BCUT2D eigenvalue weighted by atomic mass is 16.3. The minimum absolute atomic E-state index is 0.385. The predicted octanol–water partition coefficient (Wildman–Crippen LogP) is 3.09. The Balaban J connectivity index is 1.67. The van der Waals surface area contributed by atoms with Crippen LogP contribution in [0.3, 0.4) is 0 Å². The van der Waals surface area contributed by atoms with E-state index >= 15 is 0 Å². The van der Waals surface area contributed by atoms with Gasteiger partial charge in [0.2, 0.25) is 0 Å². The lowest BCUT2D eigenvalue weighted by atomic mass is 9.81. The highest BCUT2D eigenvalue weighted by Gasteiger charge is 2.34. The highest BCUT2D eigenvalue weighted by Crippen LogP contribution is 2.30. The number of rotatable bonds is 2. The first-order valence-corrected chi connectivity index (χ1v) is 7.79. The number of hydrogen-bond donors (Lipinski definition) is 1. The topological polar surface area (TPSA) is 28.4 Å². The molecule has 0 aromatic carbocycles. The van der Waals surface area contributed by atoms with Crippen LogP contribution in [0.25, 0.3) is 0 Å². The number of hydrogen-bond acceptors (Lipinski definition) is 3. The fourth-order valence-electron chi connectivity index (χ4n) is 3.71. The Morgan fingerprint density at radius 1 is 1.21 bits per heavy atom. The summed E-state index contributed by atoms with van der Waals surface area (Å²) in [5.74, 6) is 2.14. The van der Waals surface area contributed by atoms with Crippen LogP contribution in [0, 0.1) is 6.92 Å². The first-order valence-electron chi connectivity index (χ1n) is 7.79.